The molecule has 1 aromatic heterocycles. The SMILES string of the molecule is NCc1cnc(C=O)c(N)c1OC(F)(F)F. The zero-order valence-corrected chi connectivity index (χ0v) is 7.91. The first kappa shape index (κ1) is 12.2. The molecule has 0 aliphatic carbocycles. The number of nitrogens with two attached hydrogens (primary N) is 2. The Morgan fingerprint density at radius 2 is 2.12 bits per heavy atom. The molecular formula is C8H8F3N3O2. The molecule has 0 saturated carbocycles. The Morgan fingerprint density at radius 1 is 1.50 bits per heavy atom. The Bertz CT molecular complexity index is 406. The van der Waals surface area contributed by atoms with E-state index < -0.39 is 17.8 Å². The lowest BCUT2D eigenvalue weighted by Crippen LogP contribution is -2.20. The van der Waals surface area contributed by atoms with Crippen molar-refractivity contribution in [2.75, 3.05) is 5.73 Å². The Balaban J connectivity index is 3.26. The number of aromatic nitrogens is 1. The first-order valence-electron chi connectivity index (χ1n) is 4.07. The number of anilines is 1. The van der Waals surface area contributed by atoms with E-state index in [-0.39, 0.29) is 24.1 Å². The van der Waals surface area contributed by atoms with Gasteiger partial charge >= 0.3 is 6.36 Å². The third kappa shape index (κ3) is 2.60. The lowest BCUT2D eigenvalue weighted by atomic mass is 10.2. The number of nitrogen functional groups attached to an aromatic ring is 1. The van der Waals surface area contributed by atoms with Gasteiger partial charge in [-0.05, 0) is 0 Å². The van der Waals surface area contributed by atoms with Crippen LogP contribution in [0.25, 0.3) is 0 Å². The molecule has 1 rings (SSSR count). The van der Waals surface area contributed by atoms with E-state index in [0.717, 1.165) is 6.20 Å². The monoisotopic (exact) mass is 235 g/mol. The molecule has 5 nitrogen and oxygen atoms in total. The maximum absolute atomic E-state index is 12.0. The van der Waals surface area contributed by atoms with Gasteiger partial charge in [-0.1, -0.05) is 0 Å². The summed E-state index contributed by atoms with van der Waals surface area (Å²) in [5.74, 6) is -0.674. The number of carbonyl (C=O) groups is 1. The normalized spacial score (nSPS) is 11.2. The molecule has 1 aromatic rings. The molecular weight excluding hydrogens is 227 g/mol. The van der Waals surface area contributed by atoms with Crippen molar-refractivity contribution in [1.29, 1.82) is 0 Å². The fraction of sp³-hybridized carbons (Fsp3) is 0.250. The van der Waals surface area contributed by atoms with Gasteiger partial charge in [-0.25, -0.2) is 0 Å². The van der Waals surface area contributed by atoms with E-state index in [0.29, 0.717) is 0 Å². The topological polar surface area (TPSA) is 91.2 Å². The van der Waals surface area contributed by atoms with Crippen molar-refractivity contribution in [2.45, 2.75) is 12.9 Å². The van der Waals surface area contributed by atoms with Crippen LogP contribution in [-0.2, 0) is 6.54 Å². The van der Waals surface area contributed by atoms with Gasteiger partial charge < -0.3 is 16.2 Å². The summed E-state index contributed by atoms with van der Waals surface area (Å²) in [5, 5.41) is 0. The number of halogens is 3. The fourth-order valence-corrected chi connectivity index (χ4v) is 1.04. The molecule has 8 heteroatoms. The molecule has 0 bridgehead atoms. The van der Waals surface area contributed by atoms with Gasteiger partial charge in [-0.3, -0.25) is 9.78 Å². The first-order chi connectivity index (χ1) is 7.39. The predicted octanol–water partition coefficient (Wildman–Crippen LogP) is 0.834. The molecule has 0 amide bonds. The number of hydrogen-bond donors (Lipinski definition) is 2. The van der Waals surface area contributed by atoms with E-state index in [2.05, 4.69) is 9.72 Å². The summed E-state index contributed by atoms with van der Waals surface area (Å²) in [6.45, 7) is -0.234. The van der Waals surface area contributed by atoms with E-state index in [1.165, 1.54) is 0 Å². The number of aldehydes is 1. The molecule has 4 N–H and O–H groups in total. The average molecular weight is 235 g/mol. The summed E-state index contributed by atoms with van der Waals surface area (Å²) in [6.07, 6.45) is -3.65. The highest BCUT2D eigenvalue weighted by atomic mass is 19.4. The molecule has 88 valence electrons. The van der Waals surface area contributed by atoms with E-state index in [9.17, 15) is 18.0 Å². The second-order valence-electron chi connectivity index (χ2n) is 2.78. The van der Waals surface area contributed by atoms with Crippen LogP contribution in [0.15, 0.2) is 6.20 Å². The van der Waals surface area contributed by atoms with Gasteiger partial charge in [0.25, 0.3) is 0 Å². The summed E-state index contributed by atoms with van der Waals surface area (Å²) in [6, 6.07) is 0. The Kier molecular flexibility index (Phi) is 3.33. The van der Waals surface area contributed by atoms with Crippen LogP contribution in [0.4, 0.5) is 18.9 Å². The highest BCUT2D eigenvalue weighted by Crippen LogP contribution is 2.32. The number of pyridine rings is 1. The van der Waals surface area contributed by atoms with E-state index in [1.54, 1.807) is 0 Å². The van der Waals surface area contributed by atoms with Crippen molar-refractivity contribution in [1.82, 2.24) is 4.98 Å². The van der Waals surface area contributed by atoms with E-state index in [1.807, 2.05) is 0 Å². The van der Waals surface area contributed by atoms with Gasteiger partial charge in [-0.2, -0.15) is 0 Å². The van der Waals surface area contributed by atoms with E-state index in [4.69, 9.17) is 11.5 Å². The molecule has 0 aliphatic rings. The minimum Gasteiger partial charge on any atom is -0.403 e. The number of nitrogens with zero attached hydrogens (tertiary/aromatic N) is 1. The second-order valence-corrected chi connectivity index (χ2v) is 2.78. The molecule has 0 saturated heterocycles. The standard InChI is InChI=1S/C8H8F3N3O2/c9-8(10,11)16-7-4(1-12)2-14-5(3-15)6(7)13/h2-3H,1,12-13H2. The van der Waals surface area contributed by atoms with Gasteiger partial charge in [0, 0.05) is 18.3 Å². The number of rotatable bonds is 3. The third-order valence-corrected chi connectivity index (χ3v) is 1.72. The average Bonchev–Trinajstić information content (AvgIpc) is 2.19. The van der Waals surface area contributed by atoms with Crippen LogP contribution in [0.5, 0.6) is 5.75 Å². The van der Waals surface area contributed by atoms with Gasteiger partial charge in [0.05, 0.1) is 0 Å². The van der Waals surface area contributed by atoms with Crippen LogP contribution in [0.3, 0.4) is 0 Å². The Hall–Kier alpha value is -1.83. The molecule has 0 radical (unpaired) electrons. The molecule has 0 spiro atoms. The molecule has 0 fully saturated rings. The molecule has 0 aromatic carbocycles. The molecule has 16 heavy (non-hydrogen) atoms. The van der Waals surface area contributed by atoms with Crippen molar-refractivity contribution in [2.24, 2.45) is 5.73 Å². The minimum absolute atomic E-state index is 0.0274. The maximum atomic E-state index is 12.0. The molecule has 0 unspecified atom stereocenters. The van der Waals surface area contributed by atoms with Crippen LogP contribution in [0.1, 0.15) is 16.1 Å². The fourth-order valence-electron chi connectivity index (χ4n) is 1.04. The van der Waals surface area contributed by atoms with Crippen molar-refractivity contribution in [3.8, 4) is 5.75 Å². The highest BCUT2D eigenvalue weighted by molar-refractivity contribution is 5.83. The van der Waals surface area contributed by atoms with Crippen LogP contribution in [0, 0.1) is 0 Å². The molecule has 0 atom stereocenters. The van der Waals surface area contributed by atoms with Gasteiger partial charge in [0.15, 0.2) is 12.0 Å². The number of alkyl halides is 3. The van der Waals surface area contributed by atoms with Crippen molar-refractivity contribution < 1.29 is 22.7 Å². The van der Waals surface area contributed by atoms with Crippen molar-refractivity contribution in [3.05, 3.63) is 17.5 Å². The largest absolute Gasteiger partial charge is 0.573 e. The number of carbonyl (C=O) groups excluding carboxylic acids is 1. The van der Waals surface area contributed by atoms with E-state index >= 15 is 0 Å². The Labute approximate surface area is 88.2 Å². The second kappa shape index (κ2) is 4.35. The number of hydrogen-bond acceptors (Lipinski definition) is 5. The highest BCUT2D eigenvalue weighted by Gasteiger charge is 2.33. The van der Waals surface area contributed by atoms with Crippen LogP contribution >= 0.6 is 0 Å². The molecule has 1 heterocycles. The van der Waals surface area contributed by atoms with Crippen molar-refractivity contribution in [3.63, 3.8) is 0 Å². The van der Waals surface area contributed by atoms with Gasteiger partial charge in [0.2, 0.25) is 0 Å². The minimum atomic E-state index is -4.90. The van der Waals surface area contributed by atoms with Crippen LogP contribution in [0.2, 0.25) is 0 Å². The summed E-state index contributed by atoms with van der Waals surface area (Å²) >= 11 is 0. The quantitative estimate of drug-likeness (QED) is 0.757. The maximum Gasteiger partial charge on any atom is 0.573 e. The first-order valence-corrected chi connectivity index (χ1v) is 4.07. The van der Waals surface area contributed by atoms with Crippen LogP contribution < -0.4 is 16.2 Å². The predicted molar refractivity (Wildman–Crippen MR) is 48.6 cm³/mol. The smallest absolute Gasteiger partial charge is 0.403 e. The molecule has 0 aliphatic heterocycles. The summed E-state index contributed by atoms with van der Waals surface area (Å²) in [7, 11) is 0. The van der Waals surface area contributed by atoms with Gasteiger partial charge in [-0.15, -0.1) is 13.2 Å². The number of ether oxygens (including phenoxy) is 1. The van der Waals surface area contributed by atoms with Gasteiger partial charge in [0.1, 0.15) is 11.4 Å². The Morgan fingerprint density at radius 3 is 2.56 bits per heavy atom. The zero-order chi connectivity index (χ0) is 12.3. The summed E-state index contributed by atoms with van der Waals surface area (Å²) in [4.78, 5) is 14.0. The zero-order valence-electron chi connectivity index (χ0n) is 7.91. The lowest BCUT2D eigenvalue weighted by Gasteiger charge is -2.14. The summed E-state index contributed by atoms with van der Waals surface area (Å²) < 4.78 is 39.8. The lowest BCUT2D eigenvalue weighted by molar-refractivity contribution is -0.274. The van der Waals surface area contributed by atoms with Crippen molar-refractivity contribution >= 4 is 12.0 Å². The van der Waals surface area contributed by atoms with Crippen LogP contribution in [-0.4, -0.2) is 17.6 Å². The summed E-state index contributed by atoms with van der Waals surface area (Å²) in [5.41, 5.74) is 9.68. The third-order valence-electron chi connectivity index (χ3n) is 1.72.